The molecule has 0 aliphatic rings. The number of azo groups is 1. The molecule has 6 rings (SSSR count). The van der Waals surface area contributed by atoms with Crippen molar-refractivity contribution < 1.29 is 4.42 Å². The van der Waals surface area contributed by atoms with Gasteiger partial charge >= 0.3 is 0 Å². The van der Waals surface area contributed by atoms with Crippen LogP contribution in [-0.4, -0.2) is 14.6 Å². The van der Waals surface area contributed by atoms with Gasteiger partial charge < -0.3 is 4.42 Å². The maximum absolute atomic E-state index is 6.08. The number of aromatic amines is 1. The van der Waals surface area contributed by atoms with E-state index < -0.39 is 0 Å². The smallest absolute Gasteiger partial charge is 0.205 e. The molecule has 32 heavy (non-hydrogen) atoms. The van der Waals surface area contributed by atoms with Gasteiger partial charge in [-0.05, 0) is 36.8 Å². The lowest BCUT2D eigenvalue weighted by atomic mass is 10.2. The quantitative estimate of drug-likeness (QED) is 0.302. The van der Waals surface area contributed by atoms with Gasteiger partial charge in [0.2, 0.25) is 5.82 Å². The first kappa shape index (κ1) is 18.3. The van der Waals surface area contributed by atoms with Gasteiger partial charge in [0.05, 0.1) is 11.4 Å². The van der Waals surface area contributed by atoms with Gasteiger partial charge in [0, 0.05) is 11.5 Å². The number of para-hydroxylation sites is 1. The zero-order valence-corrected chi connectivity index (χ0v) is 17.4. The van der Waals surface area contributed by atoms with Crippen LogP contribution in [0.15, 0.2) is 106 Å². The van der Waals surface area contributed by atoms with Gasteiger partial charge in [-0.25, -0.2) is 9.50 Å². The van der Waals surface area contributed by atoms with E-state index in [1.54, 1.807) is 0 Å². The largest absolute Gasteiger partial charge is 0.454 e. The lowest BCUT2D eigenvalue weighted by Gasteiger charge is -1.99. The Balaban J connectivity index is 1.52. The van der Waals surface area contributed by atoms with Crippen LogP contribution in [0, 0.1) is 6.92 Å². The van der Waals surface area contributed by atoms with Gasteiger partial charge in [-0.3, -0.25) is 5.10 Å². The summed E-state index contributed by atoms with van der Waals surface area (Å²) in [5.41, 5.74) is 6.18. The lowest BCUT2D eigenvalue weighted by molar-refractivity contribution is 0.629. The second kappa shape index (κ2) is 7.35. The minimum atomic E-state index is 0.585. The number of nitrogens with zero attached hydrogens (tertiary/aromatic N) is 4. The molecule has 0 aliphatic heterocycles. The molecule has 0 atom stereocenters. The normalized spacial score (nSPS) is 11.8. The van der Waals surface area contributed by atoms with E-state index in [1.807, 2.05) is 90.3 Å². The first-order valence-corrected chi connectivity index (χ1v) is 10.4. The fraction of sp³-hybridized carbons (Fsp3) is 0.0385. The summed E-state index contributed by atoms with van der Waals surface area (Å²) >= 11 is 0. The molecule has 0 saturated carbocycles. The summed E-state index contributed by atoms with van der Waals surface area (Å²) < 4.78 is 7.93. The van der Waals surface area contributed by atoms with E-state index in [0.29, 0.717) is 17.3 Å². The predicted octanol–water partition coefficient (Wildman–Crippen LogP) is 7.47. The highest BCUT2D eigenvalue weighted by molar-refractivity contribution is 5.85. The molecule has 6 aromatic rings. The number of hydrogen-bond acceptors (Lipinski definition) is 4. The Morgan fingerprint density at radius 2 is 1.62 bits per heavy atom. The van der Waals surface area contributed by atoms with E-state index in [4.69, 9.17) is 9.40 Å². The SMILES string of the molecule is Cc1ccc(N=Nc2c(-c3cc4ccccc4o3)nc3cc(-c4ccccc4)[nH]n23)cc1. The summed E-state index contributed by atoms with van der Waals surface area (Å²) in [4.78, 5) is 4.83. The van der Waals surface area contributed by atoms with Crippen molar-refractivity contribution in [2.75, 3.05) is 0 Å². The minimum absolute atomic E-state index is 0.585. The Kier molecular flexibility index (Phi) is 4.21. The van der Waals surface area contributed by atoms with Crippen LogP contribution >= 0.6 is 0 Å². The molecule has 0 amide bonds. The second-order valence-corrected chi connectivity index (χ2v) is 7.70. The van der Waals surface area contributed by atoms with Crippen molar-refractivity contribution in [1.82, 2.24) is 14.6 Å². The van der Waals surface area contributed by atoms with Crippen molar-refractivity contribution in [1.29, 1.82) is 0 Å². The Bertz CT molecular complexity index is 1540. The number of hydrogen-bond donors (Lipinski definition) is 1. The minimum Gasteiger partial charge on any atom is -0.454 e. The molecule has 0 bridgehead atoms. The maximum atomic E-state index is 6.08. The molecular formula is C26H19N5O. The van der Waals surface area contributed by atoms with Crippen LogP contribution in [0.4, 0.5) is 11.5 Å². The molecule has 6 heteroatoms. The molecule has 3 aromatic heterocycles. The zero-order valence-electron chi connectivity index (χ0n) is 17.4. The van der Waals surface area contributed by atoms with E-state index in [2.05, 4.69) is 27.5 Å². The van der Waals surface area contributed by atoms with Crippen molar-refractivity contribution in [3.8, 4) is 22.7 Å². The molecule has 6 nitrogen and oxygen atoms in total. The monoisotopic (exact) mass is 417 g/mol. The van der Waals surface area contributed by atoms with Gasteiger partial charge in [-0.1, -0.05) is 66.2 Å². The number of fused-ring (bicyclic) bond motifs is 2. The average molecular weight is 417 g/mol. The zero-order chi connectivity index (χ0) is 21.5. The van der Waals surface area contributed by atoms with E-state index in [9.17, 15) is 0 Å². The third kappa shape index (κ3) is 3.18. The highest BCUT2D eigenvalue weighted by Gasteiger charge is 2.20. The summed E-state index contributed by atoms with van der Waals surface area (Å²) in [7, 11) is 0. The molecule has 0 fully saturated rings. The van der Waals surface area contributed by atoms with E-state index in [-0.39, 0.29) is 0 Å². The van der Waals surface area contributed by atoms with Crippen molar-refractivity contribution >= 4 is 28.1 Å². The number of aromatic nitrogens is 3. The first-order chi connectivity index (χ1) is 15.7. The highest BCUT2D eigenvalue weighted by Crippen LogP contribution is 2.36. The maximum Gasteiger partial charge on any atom is 0.205 e. The molecule has 1 N–H and O–H groups in total. The number of rotatable bonds is 4. The molecule has 154 valence electrons. The number of aryl methyl sites for hydroxylation is 1. The Morgan fingerprint density at radius 1 is 0.844 bits per heavy atom. The number of H-pyrrole nitrogens is 1. The van der Waals surface area contributed by atoms with E-state index >= 15 is 0 Å². The summed E-state index contributed by atoms with van der Waals surface area (Å²) in [5.74, 6) is 1.24. The van der Waals surface area contributed by atoms with Gasteiger partial charge in [0.25, 0.3) is 0 Å². The van der Waals surface area contributed by atoms with Crippen LogP contribution in [0.1, 0.15) is 5.56 Å². The highest BCUT2D eigenvalue weighted by atomic mass is 16.3. The van der Waals surface area contributed by atoms with Crippen LogP contribution in [0.25, 0.3) is 39.3 Å². The standard InChI is InChI=1S/C26H19N5O/c1-17-11-13-20(14-12-17)28-29-26-25(23-15-19-9-5-6-10-22(19)32-23)27-24-16-21(30-31(24)26)18-7-3-2-4-8-18/h2-16,30H,1H3. The molecule has 3 aromatic carbocycles. The molecule has 3 heterocycles. The van der Waals surface area contributed by atoms with Gasteiger partial charge in [-0.15, -0.1) is 10.2 Å². The fourth-order valence-corrected chi connectivity index (χ4v) is 3.76. The van der Waals surface area contributed by atoms with Crippen LogP contribution in [-0.2, 0) is 0 Å². The average Bonchev–Trinajstić information content (AvgIpc) is 3.52. The van der Waals surface area contributed by atoms with Crippen molar-refractivity contribution in [2.45, 2.75) is 6.92 Å². The summed E-state index contributed by atoms with van der Waals surface area (Å²) in [6.07, 6.45) is 0. The van der Waals surface area contributed by atoms with E-state index in [0.717, 1.165) is 33.6 Å². The van der Waals surface area contributed by atoms with Crippen molar-refractivity contribution in [3.63, 3.8) is 0 Å². The van der Waals surface area contributed by atoms with Gasteiger partial charge in [0.15, 0.2) is 17.1 Å². The summed E-state index contributed by atoms with van der Waals surface area (Å²) in [6.45, 7) is 2.05. The molecule has 0 spiro atoms. The number of benzene rings is 3. The number of imidazole rings is 1. The topological polar surface area (TPSA) is 70.9 Å². The van der Waals surface area contributed by atoms with Gasteiger partial charge in [-0.2, -0.15) is 0 Å². The Hall–Kier alpha value is -4.45. The first-order valence-electron chi connectivity index (χ1n) is 10.4. The lowest BCUT2D eigenvalue weighted by Crippen LogP contribution is -1.85. The summed E-state index contributed by atoms with van der Waals surface area (Å²) in [6, 6.07) is 30.0. The molecule has 0 aliphatic carbocycles. The summed E-state index contributed by atoms with van der Waals surface area (Å²) in [5, 5.41) is 13.5. The van der Waals surface area contributed by atoms with Crippen LogP contribution in [0.2, 0.25) is 0 Å². The van der Waals surface area contributed by atoms with Crippen molar-refractivity contribution in [2.24, 2.45) is 10.2 Å². The van der Waals surface area contributed by atoms with Gasteiger partial charge in [0.1, 0.15) is 5.58 Å². The molecule has 0 radical (unpaired) electrons. The molecule has 0 unspecified atom stereocenters. The third-order valence-electron chi connectivity index (χ3n) is 5.42. The third-order valence-corrected chi connectivity index (χ3v) is 5.42. The molecular weight excluding hydrogens is 398 g/mol. The van der Waals surface area contributed by atoms with Crippen molar-refractivity contribution in [3.05, 3.63) is 96.6 Å². The number of furan rings is 1. The predicted molar refractivity (Wildman–Crippen MR) is 126 cm³/mol. The number of nitrogens with one attached hydrogen (secondary N) is 1. The second-order valence-electron chi connectivity index (χ2n) is 7.70. The Morgan fingerprint density at radius 3 is 2.44 bits per heavy atom. The molecule has 0 saturated heterocycles. The fourth-order valence-electron chi connectivity index (χ4n) is 3.76. The van der Waals surface area contributed by atoms with Crippen LogP contribution in [0.3, 0.4) is 0 Å². The van der Waals surface area contributed by atoms with E-state index in [1.165, 1.54) is 5.56 Å². The van der Waals surface area contributed by atoms with Crippen LogP contribution < -0.4 is 0 Å². The van der Waals surface area contributed by atoms with Crippen LogP contribution in [0.5, 0.6) is 0 Å². The Labute approximate surface area is 183 Å².